The van der Waals surface area contributed by atoms with Crippen molar-refractivity contribution in [3.8, 4) is 0 Å². The van der Waals surface area contributed by atoms with E-state index in [2.05, 4.69) is 5.32 Å². The summed E-state index contributed by atoms with van der Waals surface area (Å²) in [4.78, 5) is 11.6. The van der Waals surface area contributed by atoms with Gasteiger partial charge in [0.05, 0.1) is 6.42 Å². The molecule has 0 aromatic heterocycles. The number of benzene rings is 1. The van der Waals surface area contributed by atoms with Crippen molar-refractivity contribution < 1.29 is 9.53 Å². The Hall–Kier alpha value is -1.35. The molecule has 1 fully saturated rings. The topological polar surface area (TPSA) is 38.3 Å². The molecule has 0 spiro atoms. The number of ether oxygens (including phenoxy) is 1. The predicted octanol–water partition coefficient (Wildman–Crippen LogP) is 1.52. The summed E-state index contributed by atoms with van der Waals surface area (Å²) >= 11 is 0. The fourth-order valence-corrected chi connectivity index (χ4v) is 1.91. The van der Waals surface area contributed by atoms with E-state index in [0.29, 0.717) is 6.42 Å². The summed E-state index contributed by atoms with van der Waals surface area (Å²) in [5.41, 5.74) is 1.01. The van der Waals surface area contributed by atoms with E-state index in [1.165, 1.54) is 0 Å². The van der Waals surface area contributed by atoms with Gasteiger partial charge in [-0.1, -0.05) is 30.3 Å². The number of rotatable bonds is 3. The van der Waals surface area contributed by atoms with Crippen LogP contribution in [0.15, 0.2) is 30.3 Å². The summed E-state index contributed by atoms with van der Waals surface area (Å²) in [5, 5.41) is 3.23. The van der Waals surface area contributed by atoms with Gasteiger partial charge in [0.15, 0.2) is 0 Å². The molecule has 0 amide bonds. The van der Waals surface area contributed by atoms with E-state index in [0.717, 1.165) is 31.5 Å². The Labute approximate surface area is 95.8 Å². The second-order valence-corrected chi connectivity index (χ2v) is 4.12. The molecule has 1 unspecified atom stereocenters. The van der Waals surface area contributed by atoms with Gasteiger partial charge in [0.25, 0.3) is 0 Å². The number of esters is 1. The molecule has 0 saturated carbocycles. The minimum atomic E-state index is -0.125. The first-order valence-electron chi connectivity index (χ1n) is 5.79. The monoisotopic (exact) mass is 219 g/mol. The smallest absolute Gasteiger partial charge is 0.310 e. The van der Waals surface area contributed by atoms with Gasteiger partial charge in [-0.2, -0.15) is 0 Å². The summed E-state index contributed by atoms with van der Waals surface area (Å²) in [6.45, 7) is 1.83. The van der Waals surface area contributed by atoms with E-state index in [9.17, 15) is 4.79 Å². The van der Waals surface area contributed by atoms with Crippen molar-refractivity contribution in [2.45, 2.75) is 25.4 Å². The van der Waals surface area contributed by atoms with Crippen LogP contribution in [0.3, 0.4) is 0 Å². The van der Waals surface area contributed by atoms with Crippen LogP contribution in [0.5, 0.6) is 0 Å². The van der Waals surface area contributed by atoms with Crippen LogP contribution in [0.4, 0.5) is 0 Å². The summed E-state index contributed by atoms with van der Waals surface area (Å²) in [6.07, 6.45) is 2.50. The van der Waals surface area contributed by atoms with Gasteiger partial charge in [-0.15, -0.1) is 0 Å². The molecule has 1 aliphatic rings. The van der Waals surface area contributed by atoms with Crippen molar-refractivity contribution in [1.82, 2.24) is 5.32 Å². The van der Waals surface area contributed by atoms with Crippen LogP contribution >= 0.6 is 0 Å². The second-order valence-electron chi connectivity index (χ2n) is 4.12. The Bertz CT molecular complexity index is 331. The molecule has 86 valence electrons. The third-order valence-electron chi connectivity index (χ3n) is 2.74. The van der Waals surface area contributed by atoms with Crippen LogP contribution < -0.4 is 5.32 Å². The fourth-order valence-electron chi connectivity index (χ4n) is 1.91. The first-order valence-corrected chi connectivity index (χ1v) is 5.79. The second kappa shape index (κ2) is 5.66. The van der Waals surface area contributed by atoms with Crippen LogP contribution in [-0.4, -0.2) is 25.2 Å². The number of piperidine rings is 1. The van der Waals surface area contributed by atoms with Crippen LogP contribution in [0.2, 0.25) is 0 Å². The van der Waals surface area contributed by atoms with E-state index in [1.807, 2.05) is 30.3 Å². The molecule has 16 heavy (non-hydrogen) atoms. The third-order valence-corrected chi connectivity index (χ3v) is 2.74. The van der Waals surface area contributed by atoms with Crippen molar-refractivity contribution in [1.29, 1.82) is 0 Å². The van der Waals surface area contributed by atoms with Crippen molar-refractivity contribution in [3.05, 3.63) is 35.9 Å². The summed E-state index contributed by atoms with van der Waals surface area (Å²) < 4.78 is 5.39. The molecule has 1 aromatic carbocycles. The van der Waals surface area contributed by atoms with Crippen LogP contribution in [0, 0.1) is 0 Å². The Morgan fingerprint density at radius 1 is 1.38 bits per heavy atom. The van der Waals surface area contributed by atoms with Crippen molar-refractivity contribution in [2.24, 2.45) is 0 Å². The number of carbonyl (C=O) groups excluding carboxylic acids is 1. The maximum absolute atomic E-state index is 11.6. The fraction of sp³-hybridized carbons (Fsp3) is 0.462. The van der Waals surface area contributed by atoms with E-state index in [-0.39, 0.29) is 12.1 Å². The Kier molecular flexibility index (Phi) is 3.94. The molecule has 1 N–H and O–H groups in total. The Balaban J connectivity index is 1.80. The standard InChI is InChI=1S/C13H17NO2/c15-13(9-11-5-2-1-3-6-11)16-12-7-4-8-14-10-12/h1-3,5-6,12,14H,4,7-10H2. The third kappa shape index (κ3) is 3.35. The summed E-state index contributed by atoms with van der Waals surface area (Å²) in [7, 11) is 0. The highest BCUT2D eigenvalue weighted by molar-refractivity contribution is 5.72. The normalized spacial score (nSPS) is 20.4. The Morgan fingerprint density at radius 3 is 2.88 bits per heavy atom. The maximum Gasteiger partial charge on any atom is 0.310 e. The molecule has 3 nitrogen and oxygen atoms in total. The first-order chi connectivity index (χ1) is 7.84. The van der Waals surface area contributed by atoms with Gasteiger partial charge in [-0.3, -0.25) is 4.79 Å². The van der Waals surface area contributed by atoms with E-state index >= 15 is 0 Å². The molecule has 1 aromatic rings. The molecule has 0 bridgehead atoms. The first kappa shape index (κ1) is 11.1. The lowest BCUT2D eigenvalue weighted by Crippen LogP contribution is -2.36. The molecule has 2 rings (SSSR count). The number of carbonyl (C=O) groups is 1. The maximum atomic E-state index is 11.6. The zero-order valence-corrected chi connectivity index (χ0v) is 9.32. The summed E-state index contributed by atoms with van der Waals surface area (Å²) in [6, 6.07) is 9.70. The highest BCUT2D eigenvalue weighted by Crippen LogP contribution is 2.08. The van der Waals surface area contributed by atoms with Gasteiger partial charge in [0.2, 0.25) is 0 Å². The zero-order valence-electron chi connectivity index (χ0n) is 9.32. The van der Waals surface area contributed by atoms with Crippen LogP contribution in [-0.2, 0) is 16.0 Å². The quantitative estimate of drug-likeness (QED) is 0.783. The van der Waals surface area contributed by atoms with Gasteiger partial charge >= 0.3 is 5.97 Å². The van der Waals surface area contributed by atoms with Crippen LogP contribution in [0.25, 0.3) is 0 Å². The minimum absolute atomic E-state index is 0.0602. The van der Waals surface area contributed by atoms with Gasteiger partial charge in [-0.25, -0.2) is 0 Å². The number of hydrogen-bond acceptors (Lipinski definition) is 3. The molecule has 1 saturated heterocycles. The van der Waals surface area contributed by atoms with Crippen molar-refractivity contribution in [2.75, 3.05) is 13.1 Å². The average molecular weight is 219 g/mol. The molecule has 0 aliphatic carbocycles. The largest absolute Gasteiger partial charge is 0.461 e. The van der Waals surface area contributed by atoms with Crippen molar-refractivity contribution >= 4 is 5.97 Å². The molecule has 1 heterocycles. The Morgan fingerprint density at radius 2 is 2.19 bits per heavy atom. The summed E-state index contributed by atoms with van der Waals surface area (Å²) in [5.74, 6) is -0.125. The van der Waals surface area contributed by atoms with Crippen molar-refractivity contribution in [3.63, 3.8) is 0 Å². The zero-order chi connectivity index (χ0) is 11.2. The van der Waals surface area contributed by atoms with E-state index in [1.54, 1.807) is 0 Å². The molecular weight excluding hydrogens is 202 g/mol. The van der Waals surface area contributed by atoms with Gasteiger partial charge in [0, 0.05) is 6.54 Å². The number of nitrogens with one attached hydrogen (secondary N) is 1. The van der Waals surface area contributed by atoms with Crippen LogP contribution in [0.1, 0.15) is 18.4 Å². The number of hydrogen-bond donors (Lipinski definition) is 1. The molecule has 1 aliphatic heterocycles. The molecule has 3 heteroatoms. The highest BCUT2D eigenvalue weighted by atomic mass is 16.5. The van der Waals surface area contributed by atoms with Gasteiger partial charge in [-0.05, 0) is 24.9 Å². The molecule has 1 atom stereocenters. The van der Waals surface area contributed by atoms with Gasteiger partial charge < -0.3 is 10.1 Å². The SMILES string of the molecule is O=C(Cc1ccccc1)OC1CCCNC1. The average Bonchev–Trinajstić information content (AvgIpc) is 2.31. The van der Waals surface area contributed by atoms with E-state index in [4.69, 9.17) is 4.74 Å². The molecular formula is C13H17NO2. The molecule has 0 radical (unpaired) electrons. The predicted molar refractivity (Wildman–Crippen MR) is 62.1 cm³/mol. The lowest BCUT2D eigenvalue weighted by molar-refractivity contribution is -0.148. The lowest BCUT2D eigenvalue weighted by Gasteiger charge is -2.22. The minimum Gasteiger partial charge on any atom is -0.461 e. The highest BCUT2D eigenvalue weighted by Gasteiger charge is 2.17. The lowest BCUT2D eigenvalue weighted by atomic mass is 10.1. The van der Waals surface area contributed by atoms with E-state index < -0.39 is 0 Å². The van der Waals surface area contributed by atoms with Gasteiger partial charge in [0.1, 0.15) is 6.10 Å².